The predicted molar refractivity (Wildman–Crippen MR) is 116 cm³/mol. The highest BCUT2D eigenvalue weighted by Crippen LogP contribution is 2.67. The molecule has 1 aromatic heterocycles. The normalized spacial score (nSPS) is 23.2. The number of aromatic nitrogens is 1. The van der Waals surface area contributed by atoms with Crippen LogP contribution in [0.5, 0.6) is 0 Å². The summed E-state index contributed by atoms with van der Waals surface area (Å²) in [5.41, 5.74) is -0.411. The lowest BCUT2D eigenvalue weighted by molar-refractivity contribution is -0.220. The Balaban J connectivity index is 1.41. The fraction of sp³-hybridized carbons (Fsp3) is 0.440. The van der Waals surface area contributed by atoms with E-state index >= 15 is 0 Å². The van der Waals surface area contributed by atoms with Crippen LogP contribution in [0.1, 0.15) is 54.7 Å². The lowest BCUT2D eigenvalue weighted by Crippen LogP contribution is -2.33. The maximum Gasteiger partial charge on any atom is 0.562 e. The third kappa shape index (κ3) is 4.07. The Hall–Kier alpha value is -3.59. The van der Waals surface area contributed by atoms with Crippen molar-refractivity contribution in [1.82, 2.24) is 5.16 Å². The zero-order valence-corrected chi connectivity index (χ0v) is 18.5. The molecule has 1 aromatic carbocycles. The van der Waals surface area contributed by atoms with Crippen molar-refractivity contribution in [3.05, 3.63) is 81.6 Å². The van der Waals surface area contributed by atoms with Gasteiger partial charge < -0.3 is 9.26 Å². The van der Waals surface area contributed by atoms with Gasteiger partial charge in [0.15, 0.2) is 0 Å². The molecule has 34 heavy (non-hydrogen) atoms. The molecule has 0 spiro atoms. The van der Waals surface area contributed by atoms with Gasteiger partial charge >= 0.3 is 12.0 Å². The number of halogens is 3. The van der Waals surface area contributed by atoms with Crippen LogP contribution in [0.25, 0.3) is 15.4 Å². The number of hydrogen-bond acceptors (Lipinski definition) is 4. The Morgan fingerprint density at radius 2 is 1.76 bits per heavy atom. The Morgan fingerprint density at radius 1 is 1.12 bits per heavy atom. The number of hydrogen-bond donors (Lipinski definition) is 0. The molecule has 0 radical (unpaired) electrons. The summed E-state index contributed by atoms with van der Waals surface area (Å²) < 4.78 is 51.2. The van der Waals surface area contributed by atoms with Crippen LogP contribution in [0.4, 0.5) is 13.2 Å². The molecular formula is C25H22F3N3O3. The first-order valence-corrected chi connectivity index (χ1v) is 10.8. The maximum absolute atomic E-state index is 13.6. The number of Topliss-reactive ketones (excluding diaryl/α,β-unsaturated/α-hetero) is 1. The number of ether oxygens (including phenoxy) is 1. The number of ketones is 1. The van der Waals surface area contributed by atoms with Gasteiger partial charge in [-0.2, -0.15) is 22.9 Å². The molecule has 2 saturated carbocycles. The zero-order chi connectivity index (χ0) is 24.6. The van der Waals surface area contributed by atoms with E-state index in [2.05, 4.69) is 14.8 Å². The quantitative estimate of drug-likeness (QED) is 0.374. The van der Waals surface area contributed by atoms with E-state index in [9.17, 15) is 18.0 Å². The summed E-state index contributed by atoms with van der Waals surface area (Å²) in [5, 5.41) is 4.05. The van der Waals surface area contributed by atoms with E-state index in [1.807, 2.05) is 0 Å². The lowest BCUT2D eigenvalue weighted by Gasteiger charge is -2.29. The van der Waals surface area contributed by atoms with Crippen LogP contribution in [0, 0.1) is 18.6 Å². The van der Waals surface area contributed by atoms with E-state index < -0.39 is 17.0 Å². The molecular weight excluding hydrogens is 447 g/mol. The number of alkyl halides is 3. The van der Waals surface area contributed by atoms with Gasteiger partial charge in [-0.15, -0.1) is 0 Å². The van der Waals surface area contributed by atoms with Crippen LogP contribution in [-0.4, -0.2) is 24.2 Å². The van der Waals surface area contributed by atoms with Crippen molar-refractivity contribution in [2.45, 2.75) is 56.5 Å². The summed E-state index contributed by atoms with van der Waals surface area (Å²) in [6, 6.07) is 8.44. The average Bonchev–Trinajstić information content (AvgIpc) is 3.53. The summed E-state index contributed by atoms with van der Waals surface area (Å²) in [6.07, 6.45) is -2.96. The molecule has 2 bridgehead atoms. The third-order valence-electron chi connectivity index (χ3n) is 7.15. The number of carbonyl (C=O) groups is 1. The molecule has 0 unspecified atom stereocenters. The van der Waals surface area contributed by atoms with E-state index in [1.165, 1.54) is 7.11 Å². The van der Waals surface area contributed by atoms with Gasteiger partial charge in [0.1, 0.15) is 24.7 Å². The van der Waals surface area contributed by atoms with Crippen molar-refractivity contribution >= 4 is 11.5 Å². The Labute approximate surface area is 195 Å². The van der Waals surface area contributed by atoms with Crippen LogP contribution >= 0.6 is 0 Å². The van der Waals surface area contributed by atoms with Gasteiger partial charge in [0.25, 0.3) is 0 Å². The molecule has 2 aliphatic carbocycles. The van der Waals surface area contributed by atoms with Crippen molar-refractivity contribution in [3.63, 3.8) is 0 Å². The number of rotatable bonds is 7. The van der Waals surface area contributed by atoms with Crippen LogP contribution in [-0.2, 0) is 27.8 Å². The van der Waals surface area contributed by atoms with Crippen molar-refractivity contribution in [3.8, 4) is 0 Å². The van der Waals surface area contributed by atoms with E-state index in [1.54, 1.807) is 30.3 Å². The molecule has 0 amide bonds. The highest BCUT2D eigenvalue weighted by Gasteiger charge is 2.67. The third-order valence-corrected chi connectivity index (χ3v) is 7.15. The molecule has 2 aliphatic rings. The average molecular weight is 469 g/mol. The van der Waals surface area contributed by atoms with Crippen LogP contribution in [0.15, 0.2) is 40.7 Å². The standard InChI is InChI=1S/C25H22F3N3O3/c1-29-22(30-2)21(33-3)17-6-4-16(5-7-17)12-18(32)13-19-14-20(31-34-19)23-8-10-24(15-23,11-9-23)25(26,27)28/h4-7,14H,8-13,15H2,3H3. The first kappa shape index (κ1) is 23.6. The second kappa shape index (κ2) is 8.64. The number of nitrogens with zero attached hydrogens (tertiary/aromatic N) is 3. The minimum absolute atomic E-state index is 0.00192. The van der Waals surface area contributed by atoms with E-state index in [-0.39, 0.29) is 49.5 Å². The summed E-state index contributed by atoms with van der Waals surface area (Å²) in [6.45, 7) is 14.1. The van der Waals surface area contributed by atoms with Crippen molar-refractivity contribution in [1.29, 1.82) is 0 Å². The first-order valence-electron chi connectivity index (χ1n) is 10.8. The minimum atomic E-state index is -4.21. The summed E-state index contributed by atoms with van der Waals surface area (Å²) in [4.78, 5) is 18.9. The molecule has 0 N–H and O–H groups in total. The predicted octanol–water partition coefficient (Wildman–Crippen LogP) is 5.90. The van der Waals surface area contributed by atoms with Gasteiger partial charge in [-0.25, -0.2) is 0 Å². The Kier molecular flexibility index (Phi) is 5.99. The molecule has 4 rings (SSSR count). The SMILES string of the molecule is [C-]#[N+]C([N+]#[C-])=C(OC)c1ccc(CC(=O)Cc2cc(C34CCC(C(F)(F)F)(CC3)C4)no2)cc1. The van der Waals surface area contributed by atoms with Crippen molar-refractivity contribution in [2.75, 3.05) is 7.11 Å². The van der Waals surface area contributed by atoms with Gasteiger partial charge in [-0.3, -0.25) is 4.79 Å². The van der Waals surface area contributed by atoms with E-state index in [4.69, 9.17) is 22.4 Å². The molecule has 9 heteroatoms. The largest absolute Gasteiger partial charge is 0.562 e. The Bertz CT molecular complexity index is 1190. The number of benzene rings is 1. The van der Waals surface area contributed by atoms with Gasteiger partial charge in [0, 0.05) is 23.5 Å². The van der Waals surface area contributed by atoms with E-state index in [0.29, 0.717) is 29.9 Å². The number of carbonyl (C=O) groups excluding carboxylic acids is 1. The fourth-order valence-electron chi connectivity index (χ4n) is 5.31. The first-order chi connectivity index (χ1) is 16.1. The lowest BCUT2D eigenvalue weighted by atomic mass is 9.80. The summed E-state index contributed by atoms with van der Waals surface area (Å²) in [7, 11) is 1.38. The number of fused-ring (bicyclic) bond motifs is 2. The number of methoxy groups -OCH3 is 1. The van der Waals surface area contributed by atoms with Crippen LogP contribution in [0.2, 0.25) is 0 Å². The topological polar surface area (TPSA) is 61.1 Å². The van der Waals surface area contributed by atoms with Crippen LogP contribution < -0.4 is 0 Å². The minimum Gasteiger partial charge on any atom is -0.500 e. The summed E-state index contributed by atoms with van der Waals surface area (Å²) >= 11 is 0. The molecule has 2 aromatic rings. The van der Waals surface area contributed by atoms with Gasteiger partial charge in [0.2, 0.25) is 5.76 Å². The van der Waals surface area contributed by atoms with Crippen LogP contribution in [0.3, 0.4) is 0 Å². The maximum atomic E-state index is 13.6. The van der Waals surface area contributed by atoms with Gasteiger partial charge in [-0.1, -0.05) is 29.4 Å². The molecule has 0 saturated heterocycles. The van der Waals surface area contributed by atoms with E-state index in [0.717, 1.165) is 5.56 Å². The van der Waals surface area contributed by atoms with Crippen molar-refractivity contribution in [2.24, 2.45) is 5.41 Å². The second-order valence-electron chi connectivity index (χ2n) is 9.08. The monoisotopic (exact) mass is 469 g/mol. The van der Waals surface area contributed by atoms with Gasteiger partial charge in [0.05, 0.1) is 24.6 Å². The molecule has 0 aliphatic heterocycles. The highest BCUT2D eigenvalue weighted by atomic mass is 19.4. The molecule has 1 heterocycles. The zero-order valence-electron chi connectivity index (χ0n) is 18.5. The molecule has 176 valence electrons. The highest BCUT2D eigenvalue weighted by molar-refractivity contribution is 5.82. The van der Waals surface area contributed by atoms with Crippen molar-refractivity contribution < 1.29 is 27.2 Å². The molecule has 6 nitrogen and oxygen atoms in total. The Morgan fingerprint density at radius 3 is 2.29 bits per heavy atom. The molecule has 2 fully saturated rings. The van der Waals surface area contributed by atoms with Gasteiger partial charge in [-0.05, 0) is 37.7 Å². The molecule has 0 atom stereocenters. The second-order valence-corrected chi connectivity index (χ2v) is 9.08. The summed E-state index contributed by atoms with van der Waals surface area (Å²) in [5.74, 6) is 0.223. The smallest absolute Gasteiger partial charge is 0.500 e. The fourth-order valence-corrected chi connectivity index (χ4v) is 5.31.